The van der Waals surface area contributed by atoms with E-state index in [2.05, 4.69) is 6.92 Å². The Hall–Kier alpha value is -0.0800. The summed E-state index contributed by atoms with van der Waals surface area (Å²) in [5.74, 6) is 1.47. The van der Waals surface area contributed by atoms with Crippen LogP contribution in [0.15, 0.2) is 0 Å². The Balaban J connectivity index is 1.99. The number of aliphatic hydroxyl groups excluding tert-OH is 2. The van der Waals surface area contributed by atoms with Crippen LogP contribution in [0.25, 0.3) is 0 Å². The van der Waals surface area contributed by atoms with Crippen LogP contribution >= 0.6 is 0 Å². The zero-order valence-corrected chi connectivity index (χ0v) is 8.11. The van der Waals surface area contributed by atoms with Crippen LogP contribution < -0.4 is 0 Å². The van der Waals surface area contributed by atoms with E-state index in [-0.39, 0.29) is 23.5 Å². The highest BCUT2D eigenvalue weighted by molar-refractivity contribution is 5.08. The van der Waals surface area contributed by atoms with Gasteiger partial charge in [-0.1, -0.05) is 6.92 Å². The quantitative estimate of drug-likeness (QED) is 0.590. The second-order valence-electron chi connectivity index (χ2n) is 5.76. The van der Waals surface area contributed by atoms with Crippen LogP contribution in [0.3, 0.4) is 0 Å². The summed E-state index contributed by atoms with van der Waals surface area (Å²) in [6, 6.07) is 0. The zero-order valence-electron chi connectivity index (χ0n) is 8.11. The molecule has 4 fully saturated rings. The van der Waals surface area contributed by atoms with Crippen LogP contribution in [0.5, 0.6) is 0 Å². The van der Waals surface area contributed by atoms with Crippen molar-refractivity contribution in [2.24, 2.45) is 23.2 Å². The highest BCUT2D eigenvalue weighted by atomic mass is 16.3. The number of hydrogen-bond donors (Lipinski definition) is 2. The lowest BCUT2D eigenvalue weighted by Crippen LogP contribution is -2.60. The van der Waals surface area contributed by atoms with Gasteiger partial charge in [0.1, 0.15) is 0 Å². The normalized spacial score (nSPS) is 64.4. The Morgan fingerprint density at radius 2 is 1.92 bits per heavy atom. The molecule has 0 amide bonds. The van der Waals surface area contributed by atoms with Gasteiger partial charge in [-0.25, -0.2) is 0 Å². The molecule has 0 aromatic heterocycles. The predicted octanol–water partition coefficient (Wildman–Crippen LogP) is 1.16. The Bertz CT molecular complexity index is 240. The van der Waals surface area contributed by atoms with Gasteiger partial charge in [0, 0.05) is 5.92 Å². The minimum Gasteiger partial charge on any atom is -0.392 e. The SMILES string of the molecule is CC12CC3CC(C1)C(O)C(C3)C2O. The van der Waals surface area contributed by atoms with E-state index in [9.17, 15) is 10.2 Å². The van der Waals surface area contributed by atoms with E-state index in [1.807, 2.05) is 0 Å². The fourth-order valence-electron chi connectivity index (χ4n) is 4.32. The van der Waals surface area contributed by atoms with Gasteiger partial charge in [0.15, 0.2) is 0 Å². The molecule has 0 aromatic carbocycles. The molecule has 4 rings (SSSR count). The first-order chi connectivity index (χ1) is 6.10. The molecule has 6 atom stereocenters. The molecule has 4 aliphatic carbocycles. The van der Waals surface area contributed by atoms with Crippen LogP contribution in [0, 0.1) is 23.2 Å². The van der Waals surface area contributed by atoms with Crippen molar-refractivity contribution in [3.8, 4) is 0 Å². The zero-order chi connectivity index (χ0) is 9.22. The monoisotopic (exact) mass is 182 g/mol. The van der Waals surface area contributed by atoms with Crippen molar-refractivity contribution >= 4 is 0 Å². The summed E-state index contributed by atoms with van der Waals surface area (Å²) in [4.78, 5) is 0. The van der Waals surface area contributed by atoms with Gasteiger partial charge in [-0.05, 0) is 42.9 Å². The van der Waals surface area contributed by atoms with Gasteiger partial charge in [-0.2, -0.15) is 0 Å². The van der Waals surface area contributed by atoms with Crippen molar-refractivity contribution in [3.05, 3.63) is 0 Å². The standard InChI is InChI=1S/C11H18O2/c1-11-4-6-2-7(5-11)9(12)8(3-6)10(11)13/h6-10,12-13H,2-5H2,1H3. The fourth-order valence-corrected chi connectivity index (χ4v) is 4.32. The minimum absolute atomic E-state index is 0.135. The molecule has 0 aliphatic heterocycles. The largest absolute Gasteiger partial charge is 0.392 e. The van der Waals surface area contributed by atoms with Gasteiger partial charge in [0.2, 0.25) is 0 Å². The highest BCUT2D eigenvalue weighted by Crippen LogP contribution is 2.59. The maximum Gasteiger partial charge on any atom is 0.0646 e. The summed E-state index contributed by atoms with van der Waals surface area (Å²) >= 11 is 0. The van der Waals surface area contributed by atoms with Gasteiger partial charge < -0.3 is 10.2 Å². The molecule has 0 heterocycles. The van der Waals surface area contributed by atoms with Crippen molar-refractivity contribution < 1.29 is 10.2 Å². The van der Waals surface area contributed by atoms with Crippen LogP contribution in [0.4, 0.5) is 0 Å². The molecule has 74 valence electrons. The molecule has 6 unspecified atom stereocenters. The molecule has 0 radical (unpaired) electrons. The van der Waals surface area contributed by atoms with E-state index in [1.54, 1.807) is 0 Å². The molecular formula is C11H18O2. The van der Waals surface area contributed by atoms with E-state index in [0.717, 1.165) is 18.8 Å². The molecule has 0 spiro atoms. The van der Waals surface area contributed by atoms with Crippen molar-refractivity contribution in [1.29, 1.82) is 0 Å². The topological polar surface area (TPSA) is 40.5 Å². The highest BCUT2D eigenvalue weighted by Gasteiger charge is 2.58. The summed E-state index contributed by atoms with van der Waals surface area (Å²) in [6.07, 6.45) is 4.06. The van der Waals surface area contributed by atoms with Crippen molar-refractivity contribution in [2.45, 2.75) is 44.8 Å². The molecule has 4 saturated carbocycles. The van der Waals surface area contributed by atoms with Crippen LogP contribution in [0.1, 0.15) is 32.6 Å². The summed E-state index contributed by atoms with van der Waals surface area (Å²) in [7, 11) is 0. The Morgan fingerprint density at radius 3 is 2.69 bits per heavy atom. The minimum atomic E-state index is -0.240. The van der Waals surface area contributed by atoms with Crippen molar-refractivity contribution in [2.75, 3.05) is 0 Å². The molecule has 2 heteroatoms. The first-order valence-electron chi connectivity index (χ1n) is 5.46. The molecule has 2 N–H and O–H groups in total. The summed E-state index contributed by atoms with van der Waals surface area (Å²) in [5, 5.41) is 20.0. The van der Waals surface area contributed by atoms with Crippen molar-refractivity contribution in [3.63, 3.8) is 0 Å². The van der Waals surface area contributed by atoms with E-state index >= 15 is 0 Å². The Morgan fingerprint density at radius 1 is 1.15 bits per heavy atom. The maximum absolute atomic E-state index is 10.1. The lowest BCUT2D eigenvalue weighted by Gasteiger charge is -2.60. The second kappa shape index (κ2) is 2.29. The predicted molar refractivity (Wildman–Crippen MR) is 49.1 cm³/mol. The van der Waals surface area contributed by atoms with Gasteiger partial charge in [-0.15, -0.1) is 0 Å². The average Bonchev–Trinajstić information content (AvgIpc) is 2.07. The third-order valence-corrected chi connectivity index (χ3v) is 4.77. The van der Waals surface area contributed by atoms with Crippen LogP contribution in [0.2, 0.25) is 0 Å². The first kappa shape index (κ1) is 8.25. The number of rotatable bonds is 0. The fraction of sp³-hybridized carbons (Fsp3) is 1.00. The smallest absolute Gasteiger partial charge is 0.0646 e. The number of aliphatic hydroxyl groups is 2. The molecule has 2 nitrogen and oxygen atoms in total. The number of hydrogen-bond acceptors (Lipinski definition) is 2. The van der Waals surface area contributed by atoms with Gasteiger partial charge in [0.25, 0.3) is 0 Å². The Labute approximate surface area is 79.0 Å². The average molecular weight is 182 g/mol. The summed E-state index contributed by atoms with van der Waals surface area (Å²) in [5.41, 5.74) is 0.135. The third kappa shape index (κ3) is 0.909. The van der Waals surface area contributed by atoms with Gasteiger partial charge >= 0.3 is 0 Å². The van der Waals surface area contributed by atoms with Crippen LogP contribution in [-0.4, -0.2) is 22.4 Å². The summed E-state index contributed by atoms with van der Waals surface area (Å²) < 4.78 is 0. The summed E-state index contributed by atoms with van der Waals surface area (Å²) in [6.45, 7) is 2.20. The molecule has 4 bridgehead atoms. The first-order valence-corrected chi connectivity index (χ1v) is 5.46. The third-order valence-electron chi connectivity index (χ3n) is 4.77. The van der Waals surface area contributed by atoms with Crippen molar-refractivity contribution in [1.82, 2.24) is 0 Å². The lowest BCUT2D eigenvalue weighted by atomic mass is 9.48. The van der Waals surface area contributed by atoms with Gasteiger partial charge in [-0.3, -0.25) is 0 Å². The molecule has 4 aliphatic rings. The van der Waals surface area contributed by atoms with E-state index in [1.165, 1.54) is 12.8 Å². The van der Waals surface area contributed by atoms with E-state index < -0.39 is 0 Å². The second-order valence-corrected chi connectivity index (χ2v) is 5.76. The maximum atomic E-state index is 10.1. The van der Waals surface area contributed by atoms with E-state index in [0.29, 0.717) is 5.92 Å². The Kier molecular flexibility index (Phi) is 1.45. The van der Waals surface area contributed by atoms with Crippen LogP contribution in [-0.2, 0) is 0 Å². The van der Waals surface area contributed by atoms with Gasteiger partial charge in [0.05, 0.1) is 12.2 Å². The molecule has 0 saturated heterocycles. The van der Waals surface area contributed by atoms with E-state index in [4.69, 9.17) is 0 Å². The molecular weight excluding hydrogens is 164 g/mol. The lowest BCUT2D eigenvalue weighted by molar-refractivity contribution is -0.200. The molecule has 13 heavy (non-hydrogen) atoms. The molecule has 0 aromatic rings.